The quantitative estimate of drug-likeness (QED) is 0.0969. The number of halogens is 1. The Bertz CT molecular complexity index is 1390. The molecule has 15 heteroatoms. The maximum absolute atomic E-state index is 12.3. The highest BCUT2D eigenvalue weighted by Gasteiger charge is 2.18. The number of nitrogens with two attached hydrogens (primary N) is 1. The molecule has 0 aliphatic carbocycles. The number of nitrogens with zero attached hydrogens (tertiary/aromatic N) is 3. The lowest BCUT2D eigenvalue weighted by molar-refractivity contribution is -0.140. The Morgan fingerprint density at radius 3 is 2.22 bits per heavy atom. The van der Waals surface area contributed by atoms with E-state index in [2.05, 4.69) is 15.4 Å². The molecule has 3 rings (SSSR count). The van der Waals surface area contributed by atoms with Crippen LogP contribution in [0.2, 0.25) is 5.15 Å². The van der Waals surface area contributed by atoms with Crippen molar-refractivity contribution in [2.75, 3.05) is 59.9 Å². The molecule has 0 saturated carbocycles. The minimum absolute atomic E-state index is 0.139. The number of rotatable bonds is 19. The Morgan fingerprint density at radius 1 is 1.04 bits per heavy atom. The highest BCUT2D eigenvalue weighted by Crippen LogP contribution is 2.25. The van der Waals surface area contributed by atoms with Crippen LogP contribution >= 0.6 is 11.6 Å². The second kappa shape index (κ2) is 20.8. The van der Waals surface area contributed by atoms with E-state index in [9.17, 15) is 14.4 Å². The van der Waals surface area contributed by atoms with Gasteiger partial charge in [-0.3, -0.25) is 9.59 Å². The van der Waals surface area contributed by atoms with Gasteiger partial charge < -0.3 is 39.8 Å². The van der Waals surface area contributed by atoms with Gasteiger partial charge in [-0.15, -0.1) is 0 Å². The molecule has 14 nitrogen and oxygen atoms in total. The molecule has 0 aliphatic heterocycles. The Hall–Kier alpha value is -4.08. The molecule has 246 valence electrons. The lowest BCUT2D eigenvalue weighted by atomic mass is 10.0. The number of nitrogens with one attached hydrogen (secondary N) is 1. The van der Waals surface area contributed by atoms with E-state index in [1.807, 2.05) is 13.0 Å². The zero-order valence-electron chi connectivity index (χ0n) is 25.6. The molecule has 0 spiro atoms. The first-order valence-electron chi connectivity index (χ1n) is 14.0. The van der Waals surface area contributed by atoms with Crippen LogP contribution in [0.5, 0.6) is 11.6 Å². The summed E-state index contributed by atoms with van der Waals surface area (Å²) in [5, 5.41) is 15.7. The topological polar surface area (TPSA) is 186 Å². The number of methoxy groups -OCH3 is 1. The summed E-state index contributed by atoms with van der Waals surface area (Å²) in [6.07, 6.45) is 1.96. The second-order valence-electron chi connectivity index (χ2n) is 9.32. The van der Waals surface area contributed by atoms with E-state index < -0.39 is 12.0 Å². The van der Waals surface area contributed by atoms with Crippen LogP contribution < -0.4 is 26.1 Å². The third-order valence-electron chi connectivity index (χ3n) is 6.07. The Labute approximate surface area is 266 Å². The van der Waals surface area contributed by atoms with Crippen LogP contribution in [-0.4, -0.2) is 98.2 Å². The fourth-order valence-electron chi connectivity index (χ4n) is 3.68. The first kappa shape index (κ1) is 37.1. The standard InChI is InChI=1S/C16H17N3O5.C14H23ClN2O4/c1-19-15(21)14(13(24-2)8-18-19)11-5-3-10(4-6-11)7-12(16(22)23)17-9-20;1-12-2-3-13(17-14(12)15)21-11-10-20-9-8-19-7-6-18-5-4-16/h3-6,8-9,12H,7H2,1-2H3,(H,17,20)(H,22,23);2-3H,4-11,16H2,1H3. The maximum Gasteiger partial charge on any atom is 0.326 e. The lowest BCUT2D eigenvalue weighted by Crippen LogP contribution is -2.37. The maximum atomic E-state index is 12.3. The molecular weight excluding hydrogens is 610 g/mol. The summed E-state index contributed by atoms with van der Waals surface area (Å²) >= 11 is 5.90. The molecule has 45 heavy (non-hydrogen) atoms. The Kier molecular flexibility index (Phi) is 17.2. The molecule has 1 unspecified atom stereocenters. The van der Waals surface area contributed by atoms with E-state index in [4.69, 9.17) is 46.1 Å². The van der Waals surface area contributed by atoms with Gasteiger partial charge in [0.05, 0.1) is 58.5 Å². The fourth-order valence-corrected chi connectivity index (χ4v) is 3.83. The Balaban J connectivity index is 0.000000317. The van der Waals surface area contributed by atoms with Crippen molar-refractivity contribution in [2.45, 2.75) is 19.4 Å². The van der Waals surface area contributed by atoms with Crippen molar-refractivity contribution in [3.63, 3.8) is 0 Å². The number of hydrogen-bond donors (Lipinski definition) is 3. The molecule has 0 radical (unpaired) electrons. The second-order valence-corrected chi connectivity index (χ2v) is 9.68. The molecule has 1 atom stereocenters. The number of aromatic nitrogens is 3. The van der Waals surface area contributed by atoms with E-state index in [-0.39, 0.29) is 12.0 Å². The van der Waals surface area contributed by atoms with Gasteiger partial charge in [0.25, 0.3) is 5.56 Å². The van der Waals surface area contributed by atoms with Crippen molar-refractivity contribution in [3.8, 4) is 22.8 Å². The zero-order chi connectivity index (χ0) is 33.0. The van der Waals surface area contributed by atoms with Gasteiger partial charge in [-0.1, -0.05) is 41.9 Å². The summed E-state index contributed by atoms with van der Waals surface area (Å²) in [4.78, 5) is 37.9. The van der Waals surface area contributed by atoms with E-state index in [1.54, 1.807) is 37.4 Å². The van der Waals surface area contributed by atoms with Crippen molar-refractivity contribution >= 4 is 24.0 Å². The van der Waals surface area contributed by atoms with Crippen molar-refractivity contribution in [1.82, 2.24) is 20.1 Å². The first-order chi connectivity index (χ1) is 21.7. The number of carbonyl (C=O) groups is 2. The number of aryl methyl sites for hydroxylation is 2. The molecule has 1 aromatic carbocycles. The number of carbonyl (C=O) groups excluding carboxylic acids is 1. The van der Waals surface area contributed by atoms with Gasteiger partial charge in [0.15, 0.2) is 5.75 Å². The highest BCUT2D eigenvalue weighted by atomic mass is 35.5. The summed E-state index contributed by atoms with van der Waals surface area (Å²) in [5.74, 6) is -0.254. The molecule has 1 amide bonds. The number of hydrogen-bond acceptors (Lipinski definition) is 11. The lowest BCUT2D eigenvalue weighted by Gasteiger charge is -2.12. The minimum Gasteiger partial charge on any atom is -0.494 e. The summed E-state index contributed by atoms with van der Waals surface area (Å²) in [6, 6.07) is 9.46. The number of amides is 1. The van der Waals surface area contributed by atoms with Crippen molar-refractivity contribution < 1.29 is 38.4 Å². The minimum atomic E-state index is -1.11. The van der Waals surface area contributed by atoms with Gasteiger partial charge in [-0.05, 0) is 23.6 Å². The molecule has 3 aromatic rings. The monoisotopic (exact) mass is 649 g/mol. The van der Waals surface area contributed by atoms with Gasteiger partial charge in [0.2, 0.25) is 12.3 Å². The Morgan fingerprint density at radius 2 is 1.67 bits per heavy atom. The van der Waals surface area contributed by atoms with E-state index >= 15 is 0 Å². The number of aliphatic carboxylic acids is 1. The number of benzene rings is 1. The van der Waals surface area contributed by atoms with Gasteiger partial charge in [-0.2, -0.15) is 5.10 Å². The molecule has 0 aliphatic rings. The number of pyridine rings is 1. The van der Waals surface area contributed by atoms with Crippen molar-refractivity contribution in [1.29, 1.82) is 0 Å². The first-order valence-corrected chi connectivity index (χ1v) is 14.4. The average molecular weight is 650 g/mol. The van der Waals surface area contributed by atoms with E-state index in [0.29, 0.717) is 92.7 Å². The van der Waals surface area contributed by atoms with Crippen LogP contribution in [-0.2, 0) is 37.3 Å². The van der Waals surface area contributed by atoms with Gasteiger partial charge in [0.1, 0.15) is 17.8 Å². The third-order valence-corrected chi connectivity index (χ3v) is 6.45. The summed E-state index contributed by atoms with van der Waals surface area (Å²) in [7, 11) is 3.00. The molecular formula is C30H40ClN5O9. The van der Waals surface area contributed by atoms with Gasteiger partial charge in [0, 0.05) is 26.1 Å². The molecule has 0 bridgehead atoms. The van der Waals surface area contributed by atoms with Gasteiger partial charge >= 0.3 is 5.97 Å². The molecule has 0 fully saturated rings. The van der Waals surface area contributed by atoms with Crippen molar-refractivity contribution in [3.05, 3.63) is 69.2 Å². The van der Waals surface area contributed by atoms with Crippen LogP contribution in [0.1, 0.15) is 11.1 Å². The number of carboxylic acid groups (broad SMARTS) is 1. The van der Waals surface area contributed by atoms with Crippen molar-refractivity contribution in [2.24, 2.45) is 12.8 Å². The smallest absolute Gasteiger partial charge is 0.326 e. The summed E-state index contributed by atoms with van der Waals surface area (Å²) in [6.45, 7) is 6.03. The van der Waals surface area contributed by atoms with Crippen LogP contribution in [0.4, 0.5) is 0 Å². The van der Waals surface area contributed by atoms with E-state index in [0.717, 1.165) is 5.56 Å². The normalized spacial score (nSPS) is 11.2. The predicted molar refractivity (Wildman–Crippen MR) is 167 cm³/mol. The molecule has 0 saturated heterocycles. The van der Waals surface area contributed by atoms with Crippen LogP contribution in [0, 0.1) is 6.92 Å². The largest absolute Gasteiger partial charge is 0.494 e. The summed E-state index contributed by atoms with van der Waals surface area (Å²) in [5.41, 5.74) is 7.64. The predicted octanol–water partition coefficient (Wildman–Crippen LogP) is 1.63. The zero-order valence-corrected chi connectivity index (χ0v) is 26.3. The SMILES string of the molecule is COc1cnn(C)c(=O)c1-c1ccc(CC(NC=O)C(=O)O)cc1.Cc1ccc(OCCOCCOCCOCCN)nc1Cl. The van der Waals surface area contributed by atoms with Crippen LogP contribution in [0.15, 0.2) is 47.4 Å². The highest BCUT2D eigenvalue weighted by molar-refractivity contribution is 6.30. The van der Waals surface area contributed by atoms with Gasteiger partial charge in [-0.25, -0.2) is 14.5 Å². The van der Waals surface area contributed by atoms with E-state index in [1.165, 1.54) is 18.0 Å². The third kappa shape index (κ3) is 13.2. The van der Waals surface area contributed by atoms with Crippen LogP contribution in [0.3, 0.4) is 0 Å². The number of ether oxygens (including phenoxy) is 5. The fraction of sp³-hybridized carbons (Fsp3) is 0.433. The molecule has 4 N–H and O–H groups in total. The summed E-state index contributed by atoms with van der Waals surface area (Å²) < 4.78 is 27.7. The average Bonchev–Trinajstić information content (AvgIpc) is 3.03. The molecule has 2 aromatic heterocycles. The number of carboxylic acids is 1. The molecule has 2 heterocycles. The van der Waals surface area contributed by atoms with Crippen LogP contribution in [0.25, 0.3) is 11.1 Å².